The summed E-state index contributed by atoms with van der Waals surface area (Å²) in [5, 5.41) is 9.83. The maximum atomic E-state index is 9.83. The van der Waals surface area contributed by atoms with Gasteiger partial charge in [0.1, 0.15) is 11.5 Å². The summed E-state index contributed by atoms with van der Waals surface area (Å²) >= 11 is 0. The highest BCUT2D eigenvalue weighted by Crippen LogP contribution is 2.34. The number of aromatic hydroxyl groups is 1. The first-order valence-electron chi connectivity index (χ1n) is 7.26. The molecule has 21 heavy (non-hydrogen) atoms. The lowest BCUT2D eigenvalue weighted by Crippen LogP contribution is -2.20. The number of para-hydroxylation sites is 1. The van der Waals surface area contributed by atoms with Gasteiger partial charge in [-0.15, -0.1) is 0 Å². The van der Waals surface area contributed by atoms with Crippen LogP contribution in [0.15, 0.2) is 42.6 Å². The lowest BCUT2D eigenvalue weighted by molar-refractivity contribution is 0.314. The van der Waals surface area contributed by atoms with Crippen LogP contribution < -0.4 is 4.74 Å². The Morgan fingerprint density at radius 2 is 2.14 bits per heavy atom. The van der Waals surface area contributed by atoms with Crippen LogP contribution in [0.1, 0.15) is 23.6 Å². The maximum absolute atomic E-state index is 9.83. The Labute approximate surface area is 125 Å². The Morgan fingerprint density at radius 1 is 1.29 bits per heavy atom. The van der Waals surface area contributed by atoms with Gasteiger partial charge in [-0.2, -0.15) is 0 Å². The summed E-state index contributed by atoms with van der Waals surface area (Å²) in [5.41, 5.74) is 2.02. The molecule has 1 aliphatic rings. The lowest BCUT2D eigenvalue weighted by Gasteiger charge is -2.17. The molecule has 0 radical (unpaired) electrons. The Balaban J connectivity index is 1.70. The highest BCUT2D eigenvalue weighted by atomic mass is 16.5. The zero-order chi connectivity index (χ0) is 14.7. The third kappa shape index (κ3) is 3.00. The molecule has 1 aliphatic heterocycles. The molecule has 0 amide bonds. The SMILES string of the molecule is COc1ccccc1C1CCN(Cc2ncccc2O)C1. The van der Waals surface area contributed by atoms with E-state index in [1.54, 1.807) is 25.4 Å². The lowest BCUT2D eigenvalue weighted by atomic mass is 9.97. The average Bonchev–Trinajstić information content (AvgIpc) is 2.98. The summed E-state index contributed by atoms with van der Waals surface area (Å²) in [7, 11) is 1.72. The van der Waals surface area contributed by atoms with Gasteiger partial charge in [0.25, 0.3) is 0 Å². The van der Waals surface area contributed by atoms with E-state index < -0.39 is 0 Å². The van der Waals surface area contributed by atoms with Gasteiger partial charge < -0.3 is 9.84 Å². The molecule has 0 spiro atoms. The fourth-order valence-corrected chi connectivity index (χ4v) is 3.00. The Morgan fingerprint density at radius 3 is 2.95 bits per heavy atom. The van der Waals surface area contributed by atoms with Crippen molar-refractivity contribution in [3.8, 4) is 11.5 Å². The highest BCUT2D eigenvalue weighted by molar-refractivity contribution is 5.37. The molecule has 1 unspecified atom stereocenters. The van der Waals surface area contributed by atoms with Gasteiger partial charge in [-0.05, 0) is 36.7 Å². The molecule has 3 rings (SSSR count). The van der Waals surface area contributed by atoms with Crippen LogP contribution in [0.4, 0.5) is 0 Å². The average molecular weight is 284 g/mol. The Kier molecular flexibility index (Phi) is 4.06. The molecule has 0 saturated carbocycles. The smallest absolute Gasteiger partial charge is 0.138 e. The van der Waals surface area contributed by atoms with Crippen molar-refractivity contribution in [3.05, 3.63) is 53.9 Å². The Hall–Kier alpha value is -2.07. The van der Waals surface area contributed by atoms with Crippen LogP contribution in [0.2, 0.25) is 0 Å². The summed E-state index contributed by atoms with van der Waals surface area (Å²) in [6.07, 6.45) is 2.83. The molecule has 1 aromatic carbocycles. The Bertz CT molecular complexity index is 615. The van der Waals surface area contributed by atoms with Gasteiger partial charge in [-0.3, -0.25) is 9.88 Å². The number of likely N-dealkylation sites (tertiary alicyclic amines) is 1. The van der Waals surface area contributed by atoms with Crippen molar-refractivity contribution in [2.75, 3.05) is 20.2 Å². The van der Waals surface area contributed by atoms with Gasteiger partial charge >= 0.3 is 0 Å². The number of pyridine rings is 1. The summed E-state index contributed by atoms with van der Waals surface area (Å²) in [5.74, 6) is 1.72. The number of aromatic nitrogens is 1. The van der Waals surface area contributed by atoms with E-state index in [0.717, 1.165) is 31.0 Å². The molecule has 1 fully saturated rings. The first-order chi connectivity index (χ1) is 10.3. The monoisotopic (exact) mass is 284 g/mol. The van der Waals surface area contributed by atoms with Crippen LogP contribution >= 0.6 is 0 Å². The minimum Gasteiger partial charge on any atom is -0.506 e. The number of methoxy groups -OCH3 is 1. The maximum Gasteiger partial charge on any atom is 0.138 e. The van der Waals surface area contributed by atoms with Crippen LogP contribution in [0.3, 0.4) is 0 Å². The number of nitrogens with zero attached hydrogens (tertiary/aromatic N) is 2. The van der Waals surface area contributed by atoms with Crippen LogP contribution in [-0.2, 0) is 6.54 Å². The third-order valence-electron chi connectivity index (χ3n) is 4.09. The highest BCUT2D eigenvalue weighted by Gasteiger charge is 2.26. The number of benzene rings is 1. The number of rotatable bonds is 4. The van der Waals surface area contributed by atoms with E-state index >= 15 is 0 Å². The zero-order valence-corrected chi connectivity index (χ0v) is 12.2. The standard InChI is InChI=1S/C17H20N2O2/c1-21-17-7-3-2-5-14(17)13-8-10-19(11-13)12-15-16(20)6-4-9-18-15/h2-7,9,13,20H,8,10-12H2,1H3. The summed E-state index contributed by atoms with van der Waals surface area (Å²) in [4.78, 5) is 6.59. The van der Waals surface area contributed by atoms with Gasteiger partial charge in [0, 0.05) is 25.2 Å². The molecule has 4 heteroatoms. The van der Waals surface area contributed by atoms with Crippen molar-refractivity contribution < 1.29 is 9.84 Å². The molecule has 2 aromatic rings. The molecule has 1 N–H and O–H groups in total. The van der Waals surface area contributed by atoms with Crippen molar-refractivity contribution in [1.82, 2.24) is 9.88 Å². The largest absolute Gasteiger partial charge is 0.506 e. The van der Waals surface area contributed by atoms with Crippen LogP contribution in [0.25, 0.3) is 0 Å². The summed E-state index contributed by atoms with van der Waals surface area (Å²) in [6, 6.07) is 11.7. The van der Waals surface area contributed by atoms with E-state index in [-0.39, 0.29) is 5.75 Å². The minimum atomic E-state index is 0.276. The second-order valence-corrected chi connectivity index (χ2v) is 5.43. The first-order valence-corrected chi connectivity index (χ1v) is 7.26. The van der Waals surface area contributed by atoms with Crippen LogP contribution in [0, 0.1) is 0 Å². The van der Waals surface area contributed by atoms with E-state index in [2.05, 4.69) is 22.0 Å². The molecular weight excluding hydrogens is 264 g/mol. The van der Waals surface area contributed by atoms with E-state index in [0.29, 0.717) is 12.5 Å². The molecule has 1 atom stereocenters. The second-order valence-electron chi connectivity index (χ2n) is 5.43. The topological polar surface area (TPSA) is 45.6 Å². The number of hydrogen-bond acceptors (Lipinski definition) is 4. The van der Waals surface area contributed by atoms with Gasteiger partial charge in [-0.25, -0.2) is 0 Å². The van der Waals surface area contributed by atoms with Gasteiger partial charge in [-0.1, -0.05) is 18.2 Å². The van der Waals surface area contributed by atoms with Crippen molar-refractivity contribution >= 4 is 0 Å². The zero-order valence-electron chi connectivity index (χ0n) is 12.2. The molecule has 4 nitrogen and oxygen atoms in total. The number of hydrogen-bond donors (Lipinski definition) is 1. The molecule has 2 heterocycles. The van der Waals surface area contributed by atoms with Crippen molar-refractivity contribution in [3.63, 3.8) is 0 Å². The summed E-state index contributed by atoms with van der Waals surface area (Å²) < 4.78 is 5.46. The van der Waals surface area contributed by atoms with Crippen LogP contribution in [-0.4, -0.2) is 35.2 Å². The first kappa shape index (κ1) is 13.9. The van der Waals surface area contributed by atoms with Crippen molar-refractivity contribution in [1.29, 1.82) is 0 Å². The molecule has 1 saturated heterocycles. The van der Waals surface area contributed by atoms with Crippen molar-refractivity contribution in [2.24, 2.45) is 0 Å². The number of ether oxygens (including phenoxy) is 1. The van der Waals surface area contributed by atoms with E-state index in [9.17, 15) is 5.11 Å². The normalized spacial score (nSPS) is 18.8. The van der Waals surface area contributed by atoms with Gasteiger partial charge in [0.05, 0.1) is 12.8 Å². The molecule has 0 bridgehead atoms. The van der Waals surface area contributed by atoms with Gasteiger partial charge in [0.2, 0.25) is 0 Å². The van der Waals surface area contributed by atoms with E-state index in [4.69, 9.17) is 4.74 Å². The fraction of sp³-hybridized carbons (Fsp3) is 0.353. The van der Waals surface area contributed by atoms with E-state index in [1.807, 2.05) is 12.1 Å². The second kappa shape index (κ2) is 6.14. The summed E-state index contributed by atoms with van der Waals surface area (Å²) in [6.45, 7) is 2.67. The third-order valence-corrected chi connectivity index (χ3v) is 4.09. The van der Waals surface area contributed by atoms with Crippen LogP contribution in [0.5, 0.6) is 11.5 Å². The molecule has 1 aromatic heterocycles. The molecular formula is C17H20N2O2. The molecule has 110 valence electrons. The van der Waals surface area contributed by atoms with Gasteiger partial charge in [0.15, 0.2) is 0 Å². The molecule has 0 aliphatic carbocycles. The predicted molar refractivity (Wildman–Crippen MR) is 81.5 cm³/mol. The fourth-order valence-electron chi connectivity index (χ4n) is 3.00. The van der Waals surface area contributed by atoms with E-state index in [1.165, 1.54) is 5.56 Å². The quantitative estimate of drug-likeness (QED) is 0.937. The predicted octanol–water partition coefficient (Wildman–Crippen LogP) is 2.79. The van der Waals surface area contributed by atoms with Crippen molar-refractivity contribution in [2.45, 2.75) is 18.9 Å². The minimum absolute atomic E-state index is 0.276.